The predicted molar refractivity (Wildman–Crippen MR) is 86.1 cm³/mol. The fraction of sp³-hybridized carbons (Fsp3) is 0.188. The molecule has 0 spiro atoms. The molecule has 0 bridgehead atoms. The normalized spacial score (nSPS) is 11.0. The standard InChI is InChI=1S/C16H14ClNOS/c1-9-6-10(2)15-14(7-9)20-16(18-15)11-4-5-13(19-3)12(17)8-11/h4-8H,1-3H3. The summed E-state index contributed by atoms with van der Waals surface area (Å²) in [6.45, 7) is 4.20. The van der Waals surface area contributed by atoms with E-state index in [0.29, 0.717) is 10.8 Å². The second kappa shape index (κ2) is 5.08. The highest BCUT2D eigenvalue weighted by Gasteiger charge is 2.10. The van der Waals surface area contributed by atoms with Crippen molar-refractivity contribution >= 4 is 33.2 Å². The van der Waals surface area contributed by atoms with Gasteiger partial charge in [0.2, 0.25) is 0 Å². The summed E-state index contributed by atoms with van der Waals surface area (Å²) >= 11 is 7.88. The van der Waals surface area contributed by atoms with Crippen molar-refractivity contribution in [1.82, 2.24) is 4.98 Å². The Morgan fingerprint density at radius 3 is 2.65 bits per heavy atom. The Kier molecular flexibility index (Phi) is 3.40. The van der Waals surface area contributed by atoms with Crippen molar-refractivity contribution in [2.24, 2.45) is 0 Å². The quantitative estimate of drug-likeness (QED) is 0.645. The lowest BCUT2D eigenvalue weighted by Gasteiger charge is -2.03. The molecule has 0 aliphatic rings. The van der Waals surface area contributed by atoms with Gasteiger partial charge in [-0.1, -0.05) is 17.7 Å². The molecule has 2 nitrogen and oxygen atoms in total. The van der Waals surface area contributed by atoms with E-state index in [2.05, 4.69) is 26.0 Å². The number of thiazole rings is 1. The molecule has 0 aliphatic heterocycles. The summed E-state index contributed by atoms with van der Waals surface area (Å²) in [6.07, 6.45) is 0. The highest BCUT2D eigenvalue weighted by molar-refractivity contribution is 7.21. The van der Waals surface area contributed by atoms with Gasteiger partial charge in [-0.2, -0.15) is 0 Å². The van der Waals surface area contributed by atoms with Crippen molar-refractivity contribution in [2.75, 3.05) is 7.11 Å². The van der Waals surface area contributed by atoms with Gasteiger partial charge >= 0.3 is 0 Å². The van der Waals surface area contributed by atoms with E-state index >= 15 is 0 Å². The van der Waals surface area contributed by atoms with E-state index in [1.165, 1.54) is 15.8 Å². The summed E-state index contributed by atoms with van der Waals surface area (Å²) in [5.74, 6) is 0.684. The molecule has 20 heavy (non-hydrogen) atoms. The first-order valence-electron chi connectivity index (χ1n) is 6.30. The second-order valence-electron chi connectivity index (χ2n) is 4.80. The molecular formula is C16H14ClNOS. The van der Waals surface area contributed by atoms with Gasteiger partial charge in [0.15, 0.2) is 0 Å². The number of methoxy groups -OCH3 is 1. The summed E-state index contributed by atoms with van der Waals surface area (Å²) < 4.78 is 6.39. The fourth-order valence-electron chi connectivity index (χ4n) is 2.29. The SMILES string of the molecule is COc1ccc(-c2nc3c(C)cc(C)cc3s2)cc1Cl. The topological polar surface area (TPSA) is 22.1 Å². The summed E-state index contributed by atoms with van der Waals surface area (Å²) in [4.78, 5) is 4.74. The third-order valence-electron chi connectivity index (χ3n) is 3.23. The Balaban J connectivity index is 2.15. The number of ether oxygens (including phenoxy) is 1. The van der Waals surface area contributed by atoms with Crippen molar-refractivity contribution < 1.29 is 4.74 Å². The van der Waals surface area contributed by atoms with Crippen LogP contribution in [0, 0.1) is 13.8 Å². The summed E-state index contributed by atoms with van der Waals surface area (Å²) in [7, 11) is 1.62. The van der Waals surface area contributed by atoms with Crippen LogP contribution in [0.4, 0.5) is 0 Å². The maximum Gasteiger partial charge on any atom is 0.137 e. The van der Waals surface area contributed by atoms with Crippen molar-refractivity contribution in [3.8, 4) is 16.3 Å². The molecule has 1 aromatic heterocycles. The number of fused-ring (bicyclic) bond motifs is 1. The molecule has 0 unspecified atom stereocenters. The molecule has 1 heterocycles. The first-order valence-corrected chi connectivity index (χ1v) is 7.49. The van der Waals surface area contributed by atoms with Crippen LogP contribution in [0.2, 0.25) is 5.02 Å². The van der Waals surface area contributed by atoms with E-state index in [9.17, 15) is 0 Å². The van der Waals surface area contributed by atoms with Crippen molar-refractivity contribution in [3.63, 3.8) is 0 Å². The zero-order valence-corrected chi connectivity index (χ0v) is 13.1. The van der Waals surface area contributed by atoms with Crippen LogP contribution in [-0.2, 0) is 0 Å². The van der Waals surface area contributed by atoms with Crippen LogP contribution >= 0.6 is 22.9 Å². The minimum absolute atomic E-state index is 0.608. The number of aryl methyl sites for hydroxylation is 2. The van der Waals surface area contributed by atoms with Crippen LogP contribution < -0.4 is 4.74 Å². The minimum atomic E-state index is 0.608. The number of rotatable bonds is 2. The first-order chi connectivity index (χ1) is 9.58. The largest absolute Gasteiger partial charge is 0.495 e. The van der Waals surface area contributed by atoms with Crippen LogP contribution in [0.15, 0.2) is 30.3 Å². The van der Waals surface area contributed by atoms with Gasteiger partial charge in [0.25, 0.3) is 0 Å². The van der Waals surface area contributed by atoms with E-state index in [-0.39, 0.29) is 0 Å². The van der Waals surface area contributed by atoms with Crippen LogP contribution in [0.3, 0.4) is 0 Å². The number of halogens is 1. The van der Waals surface area contributed by atoms with Crippen molar-refractivity contribution in [2.45, 2.75) is 13.8 Å². The van der Waals surface area contributed by atoms with Gasteiger partial charge in [-0.3, -0.25) is 0 Å². The van der Waals surface area contributed by atoms with Gasteiger partial charge < -0.3 is 4.74 Å². The monoisotopic (exact) mass is 303 g/mol. The maximum absolute atomic E-state index is 6.19. The number of aromatic nitrogens is 1. The molecule has 0 aliphatic carbocycles. The molecule has 0 fully saturated rings. The second-order valence-corrected chi connectivity index (χ2v) is 6.23. The van der Waals surface area contributed by atoms with Gasteiger partial charge in [0.1, 0.15) is 10.8 Å². The predicted octanol–water partition coefficient (Wildman–Crippen LogP) is 5.24. The average molecular weight is 304 g/mol. The van der Waals surface area contributed by atoms with Crippen LogP contribution in [0.1, 0.15) is 11.1 Å². The third kappa shape index (κ3) is 2.28. The Morgan fingerprint density at radius 1 is 1.15 bits per heavy atom. The Bertz CT molecular complexity index is 795. The molecule has 0 radical (unpaired) electrons. The smallest absolute Gasteiger partial charge is 0.137 e. The van der Waals surface area contributed by atoms with Gasteiger partial charge in [0.05, 0.1) is 22.3 Å². The number of hydrogen-bond donors (Lipinski definition) is 0. The third-order valence-corrected chi connectivity index (χ3v) is 4.58. The van der Waals surface area contributed by atoms with Crippen LogP contribution in [-0.4, -0.2) is 12.1 Å². The van der Waals surface area contributed by atoms with Gasteiger partial charge in [0, 0.05) is 5.56 Å². The number of nitrogens with zero attached hydrogens (tertiary/aromatic N) is 1. The lowest BCUT2D eigenvalue weighted by molar-refractivity contribution is 0.415. The zero-order chi connectivity index (χ0) is 14.3. The van der Waals surface area contributed by atoms with Gasteiger partial charge in [-0.05, 0) is 49.2 Å². The molecule has 3 rings (SSSR count). The minimum Gasteiger partial charge on any atom is -0.495 e. The van der Waals surface area contributed by atoms with E-state index in [0.717, 1.165) is 16.1 Å². The van der Waals surface area contributed by atoms with Crippen LogP contribution in [0.25, 0.3) is 20.8 Å². The molecule has 0 atom stereocenters. The average Bonchev–Trinajstić information content (AvgIpc) is 2.82. The lowest BCUT2D eigenvalue weighted by atomic mass is 10.1. The highest BCUT2D eigenvalue weighted by Crippen LogP contribution is 2.35. The fourth-order valence-corrected chi connectivity index (χ4v) is 3.69. The first kappa shape index (κ1) is 13.4. The summed E-state index contributed by atoms with van der Waals surface area (Å²) in [6, 6.07) is 10.1. The highest BCUT2D eigenvalue weighted by atomic mass is 35.5. The molecule has 2 aromatic carbocycles. The zero-order valence-electron chi connectivity index (χ0n) is 11.5. The molecule has 0 saturated carbocycles. The Morgan fingerprint density at radius 2 is 1.95 bits per heavy atom. The number of benzene rings is 2. The van der Waals surface area contributed by atoms with E-state index in [1.807, 2.05) is 18.2 Å². The van der Waals surface area contributed by atoms with E-state index in [4.69, 9.17) is 21.3 Å². The molecular weight excluding hydrogens is 290 g/mol. The molecule has 102 valence electrons. The van der Waals surface area contributed by atoms with Gasteiger partial charge in [-0.15, -0.1) is 11.3 Å². The lowest BCUT2D eigenvalue weighted by Crippen LogP contribution is -1.84. The van der Waals surface area contributed by atoms with Crippen molar-refractivity contribution in [3.05, 3.63) is 46.5 Å². The van der Waals surface area contributed by atoms with E-state index in [1.54, 1.807) is 18.4 Å². The molecule has 4 heteroatoms. The molecule has 0 saturated heterocycles. The van der Waals surface area contributed by atoms with Crippen molar-refractivity contribution in [1.29, 1.82) is 0 Å². The van der Waals surface area contributed by atoms with Crippen LogP contribution in [0.5, 0.6) is 5.75 Å². The Labute approximate surface area is 127 Å². The van der Waals surface area contributed by atoms with Gasteiger partial charge in [-0.25, -0.2) is 4.98 Å². The maximum atomic E-state index is 6.19. The summed E-state index contributed by atoms with van der Waals surface area (Å²) in [5.41, 5.74) is 4.57. The molecule has 0 amide bonds. The Hall–Kier alpha value is -1.58. The van der Waals surface area contributed by atoms with E-state index < -0.39 is 0 Å². The molecule has 0 N–H and O–H groups in total. The number of hydrogen-bond acceptors (Lipinski definition) is 3. The molecule has 3 aromatic rings. The summed E-state index contributed by atoms with van der Waals surface area (Å²) in [5, 5.41) is 1.59.